The maximum Gasteiger partial charge on any atom is 0.253 e. The van der Waals surface area contributed by atoms with Gasteiger partial charge in [0, 0.05) is 6.20 Å². The van der Waals surface area contributed by atoms with E-state index in [-0.39, 0.29) is 18.6 Å². The number of aliphatic hydroxyl groups excluding tert-OH is 1. The van der Waals surface area contributed by atoms with Crippen LogP contribution in [0.4, 0.5) is 0 Å². The fourth-order valence-corrected chi connectivity index (χ4v) is 1.54. The van der Waals surface area contributed by atoms with E-state index in [0.717, 1.165) is 5.03 Å². The summed E-state index contributed by atoms with van der Waals surface area (Å²) in [5.41, 5.74) is 0.518. The third kappa shape index (κ3) is 3.50. The molecule has 0 saturated heterocycles. The molecule has 0 fully saturated rings. The third-order valence-electron chi connectivity index (χ3n) is 2.26. The number of pyridine rings is 1. The number of aromatic nitrogens is 1. The molecule has 1 unspecified atom stereocenters. The fourth-order valence-electron chi connectivity index (χ4n) is 1.18. The second-order valence-electron chi connectivity index (χ2n) is 3.35. The molecule has 0 bridgehead atoms. The molecule has 1 aromatic rings. The van der Waals surface area contributed by atoms with Crippen molar-refractivity contribution < 1.29 is 9.90 Å². The number of nitrogens with zero attached hydrogens (tertiary/aromatic N) is 1. The van der Waals surface area contributed by atoms with Crippen molar-refractivity contribution in [2.24, 2.45) is 0 Å². The molecule has 0 aliphatic rings. The molecule has 1 rings (SSSR count). The van der Waals surface area contributed by atoms with Crippen molar-refractivity contribution >= 4 is 17.7 Å². The minimum atomic E-state index is -0.193. The highest BCUT2D eigenvalue weighted by atomic mass is 32.2. The van der Waals surface area contributed by atoms with Gasteiger partial charge in [0.2, 0.25) is 0 Å². The van der Waals surface area contributed by atoms with Crippen molar-refractivity contribution in [2.45, 2.75) is 24.4 Å². The molecule has 0 saturated carbocycles. The zero-order chi connectivity index (χ0) is 12.0. The molecule has 1 amide bonds. The van der Waals surface area contributed by atoms with Crippen LogP contribution in [0.5, 0.6) is 0 Å². The molecular weight excluding hydrogens is 224 g/mol. The van der Waals surface area contributed by atoms with Crippen molar-refractivity contribution in [3.05, 3.63) is 23.9 Å². The van der Waals surface area contributed by atoms with E-state index in [1.807, 2.05) is 13.2 Å². The first-order valence-corrected chi connectivity index (χ1v) is 6.35. The van der Waals surface area contributed by atoms with E-state index in [0.29, 0.717) is 12.0 Å². The molecule has 1 heterocycles. The largest absolute Gasteiger partial charge is 0.394 e. The number of hydrogen-bond donors (Lipinski definition) is 2. The molecule has 1 atom stereocenters. The maximum absolute atomic E-state index is 11.7. The lowest BCUT2D eigenvalue weighted by atomic mass is 10.2. The van der Waals surface area contributed by atoms with Crippen LogP contribution in [-0.4, -0.2) is 34.9 Å². The highest BCUT2D eigenvalue weighted by Crippen LogP contribution is 2.11. The monoisotopic (exact) mass is 240 g/mol. The SMILES string of the molecule is CCC(CO)NC(=O)c1ccc(SC)nc1. The maximum atomic E-state index is 11.7. The van der Waals surface area contributed by atoms with Crippen LogP contribution in [0.25, 0.3) is 0 Å². The van der Waals surface area contributed by atoms with Gasteiger partial charge in [0.05, 0.1) is 23.2 Å². The second-order valence-corrected chi connectivity index (χ2v) is 4.18. The average Bonchev–Trinajstić information content (AvgIpc) is 2.35. The molecule has 5 heteroatoms. The van der Waals surface area contributed by atoms with Gasteiger partial charge in [-0.2, -0.15) is 0 Å². The summed E-state index contributed by atoms with van der Waals surface area (Å²) in [5.74, 6) is -0.193. The summed E-state index contributed by atoms with van der Waals surface area (Å²) in [5, 5.41) is 12.6. The Hall–Kier alpha value is -1.07. The van der Waals surface area contributed by atoms with Gasteiger partial charge in [0.15, 0.2) is 0 Å². The van der Waals surface area contributed by atoms with E-state index in [9.17, 15) is 4.79 Å². The summed E-state index contributed by atoms with van der Waals surface area (Å²) in [4.78, 5) is 15.8. The summed E-state index contributed by atoms with van der Waals surface area (Å²) in [7, 11) is 0. The van der Waals surface area contributed by atoms with Crippen LogP contribution in [0, 0.1) is 0 Å². The number of carbonyl (C=O) groups excluding carboxylic acids is 1. The molecule has 0 radical (unpaired) electrons. The Bertz CT molecular complexity index is 336. The molecule has 88 valence electrons. The molecule has 2 N–H and O–H groups in total. The van der Waals surface area contributed by atoms with E-state index < -0.39 is 0 Å². The van der Waals surface area contributed by atoms with Crippen molar-refractivity contribution in [1.82, 2.24) is 10.3 Å². The first-order valence-electron chi connectivity index (χ1n) is 5.13. The van der Waals surface area contributed by atoms with Crippen molar-refractivity contribution in [1.29, 1.82) is 0 Å². The Kier molecular flexibility index (Phi) is 5.28. The van der Waals surface area contributed by atoms with Crippen LogP contribution in [0.15, 0.2) is 23.4 Å². The Morgan fingerprint density at radius 2 is 2.38 bits per heavy atom. The highest BCUT2D eigenvalue weighted by Gasteiger charge is 2.11. The third-order valence-corrected chi connectivity index (χ3v) is 2.92. The topological polar surface area (TPSA) is 62.2 Å². The molecule has 1 aromatic heterocycles. The predicted molar refractivity (Wildman–Crippen MR) is 64.6 cm³/mol. The number of amides is 1. The number of rotatable bonds is 5. The van der Waals surface area contributed by atoms with E-state index in [1.165, 1.54) is 11.8 Å². The van der Waals surface area contributed by atoms with Gasteiger partial charge in [-0.1, -0.05) is 6.92 Å². The Labute approximate surface area is 99.5 Å². The van der Waals surface area contributed by atoms with Gasteiger partial charge in [0.1, 0.15) is 0 Å². The average molecular weight is 240 g/mol. The zero-order valence-corrected chi connectivity index (χ0v) is 10.3. The minimum Gasteiger partial charge on any atom is -0.394 e. The quantitative estimate of drug-likeness (QED) is 0.762. The van der Waals surface area contributed by atoms with Gasteiger partial charge < -0.3 is 10.4 Å². The number of aliphatic hydroxyl groups is 1. The lowest BCUT2D eigenvalue weighted by Crippen LogP contribution is -2.36. The Morgan fingerprint density at radius 1 is 1.62 bits per heavy atom. The summed E-state index contributed by atoms with van der Waals surface area (Å²) in [6, 6.07) is 3.35. The van der Waals surface area contributed by atoms with Crippen LogP contribution in [0.1, 0.15) is 23.7 Å². The first-order chi connectivity index (χ1) is 7.71. The molecule has 0 spiro atoms. The van der Waals surface area contributed by atoms with Gasteiger partial charge in [-0.25, -0.2) is 4.98 Å². The number of hydrogen-bond acceptors (Lipinski definition) is 4. The van der Waals surface area contributed by atoms with Gasteiger partial charge in [-0.3, -0.25) is 4.79 Å². The molecule has 0 aromatic carbocycles. The van der Waals surface area contributed by atoms with E-state index in [4.69, 9.17) is 5.11 Å². The van der Waals surface area contributed by atoms with Crippen LogP contribution in [0.3, 0.4) is 0 Å². The lowest BCUT2D eigenvalue weighted by Gasteiger charge is -2.13. The van der Waals surface area contributed by atoms with Crippen molar-refractivity contribution in [2.75, 3.05) is 12.9 Å². The van der Waals surface area contributed by atoms with Crippen molar-refractivity contribution in [3.63, 3.8) is 0 Å². The van der Waals surface area contributed by atoms with E-state index >= 15 is 0 Å². The van der Waals surface area contributed by atoms with Gasteiger partial charge >= 0.3 is 0 Å². The minimum absolute atomic E-state index is 0.0431. The Morgan fingerprint density at radius 3 is 2.81 bits per heavy atom. The molecule has 4 nitrogen and oxygen atoms in total. The van der Waals surface area contributed by atoms with E-state index in [2.05, 4.69) is 10.3 Å². The van der Waals surface area contributed by atoms with Crippen LogP contribution < -0.4 is 5.32 Å². The molecule has 16 heavy (non-hydrogen) atoms. The summed E-state index contributed by atoms with van der Waals surface area (Å²) < 4.78 is 0. The summed E-state index contributed by atoms with van der Waals surface area (Å²) in [6.45, 7) is 1.87. The fraction of sp³-hybridized carbons (Fsp3) is 0.455. The number of thioether (sulfide) groups is 1. The molecular formula is C11H16N2O2S. The van der Waals surface area contributed by atoms with Crippen LogP contribution in [0.2, 0.25) is 0 Å². The van der Waals surface area contributed by atoms with Gasteiger partial charge in [-0.05, 0) is 24.8 Å². The van der Waals surface area contributed by atoms with Gasteiger partial charge in [-0.15, -0.1) is 11.8 Å². The molecule has 0 aliphatic carbocycles. The summed E-state index contributed by atoms with van der Waals surface area (Å²) >= 11 is 1.53. The number of nitrogens with one attached hydrogen (secondary N) is 1. The Balaban J connectivity index is 2.65. The molecule has 0 aliphatic heterocycles. The highest BCUT2D eigenvalue weighted by molar-refractivity contribution is 7.98. The summed E-state index contributed by atoms with van der Waals surface area (Å²) in [6.07, 6.45) is 4.19. The normalized spacial score (nSPS) is 12.2. The standard InChI is InChI=1S/C11H16N2O2S/c1-3-9(7-14)13-11(15)8-4-5-10(16-2)12-6-8/h4-6,9,14H,3,7H2,1-2H3,(H,13,15). The second kappa shape index (κ2) is 6.50. The lowest BCUT2D eigenvalue weighted by molar-refractivity contribution is 0.0914. The van der Waals surface area contributed by atoms with Crippen molar-refractivity contribution in [3.8, 4) is 0 Å². The number of carbonyl (C=O) groups is 1. The zero-order valence-electron chi connectivity index (χ0n) is 9.43. The van der Waals surface area contributed by atoms with Crippen LogP contribution in [-0.2, 0) is 0 Å². The van der Waals surface area contributed by atoms with Gasteiger partial charge in [0.25, 0.3) is 5.91 Å². The first kappa shape index (κ1) is 13.0. The predicted octanol–water partition coefficient (Wildman–Crippen LogP) is 1.30. The smallest absolute Gasteiger partial charge is 0.253 e. The van der Waals surface area contributed by atoms with E-state index in [1.54, 1.807) is 18.3 Å². The van der Waals surface area contributed by atoms with Crippen LogP contribution >= 0.6 is 11.8 Å².